The summed E-state index contributed by atoms with van der Waals surface area (Å²) in [6.45, 7) is 0.0102. The average Bonchev–Trinajstić information content (AvgIpc) is 3.01. The summed E-state index contributed by atoms with van der Waals surface area (Å²) >= 11 is 5.92. The third-order valence-corrected chi connectivity index (χ3v) is 5.19. The number of Topliss-reactive ketones (excluding diaryl/α,β-unsaturated/α-hetero) is 1. The fourth-order valence-electron chi connectivity index (χ4n) is 3.48. The minimum Gasteiger partial charge on any atom is -0.507 e. The third kappa shape index (κ3) is 3.99. The van der Waals surface area contributed by atoms with Gasteiger partial charge in [0.05, 0.1) is 25.8 Å². The van der Waals surface area contributed by atoms with Crippen LogP contribution in [0, 0.1) is 0 Å². The molecule has 1 saturated heterocycles. The Balaban J connectivity index is 2.18. The first-order chi connectivity index (χ1) is 14.4. The lowest BCUT2D eigenvalue weighted by atomic mass is 9.95. The molecule has 1 fully saturated rings. The SMILES string of the molecule is COc1ccc([C@H]2/C(=C(\O)c3ccc(Cl)cc3)C(=O)C(=O)N2CCCO)cc1OC. The van der Waals surface area contributed by atoms with Crippen LogP contribution in [-0.2, 0) is 9.59 Å². The molecule has 1 atom stereocenters. The molecule has 1 aliphatic heterocycles. The second kappa shape index (κ2) is 9.19. The number of benzene rings is 2. The molecule has 0 aliphatic carbocycles. The predicted octanol–water partition coefficient (Wildman–Crippen LogP) is 3.16. The monoisotopic (exact) mass is 431 g/mol. The van der Waals surface area contributed by atoms with E-state index in [-0.39, 0.29) is 30.9 Å². The standard InChI is InChI=1S/C22H22ClNO6/c1-29-16-9-6-14(12-17(16)30-2)19-18(20(26)13-4-7-15(23)8-5-13)21(27)22(28)24(19)10-3-11-25/h4-9,12,19,25-26H,3,10-11H2,1-2H3/b20-18+/t19-/m0/s1. The highest BCUT2D eigenvalue weighted by molar-refractivity contribution is 6.46. The Bertz CT molecular complexity index is 986. The summed E-state index contributed by atoms with van der Waals surface area (Å²) in [6.07, 6.45) is 0.289. The van der Waals surface area contributed by atoms with Crippen molar-refractivity contribution in [1.29, 1.82) is 0 Å². The molecule has 8 heteroatoms. The molecule has 2 aromatic rings. The van der Waals surface area contributed by atoms with Gasteiger partial charge in [-0.3, -0.25) is 9.59 Å². The van der Waals surface area contributed by atoms with Crippen LogP contribution in [0.3, 0.4) is 0 Å². The van der Waals surface area contributed by atoms with Crippen LogP contribution in [-0.4, -0.2) is 54.2 Å². The lowest BCUT2D eigenvalue weighted by Gasteiger charge is -2.25. The number of rotatable bonds is 7. The van der Waals surface area contributed by atoms with Gasteiger partial charge in [-0.15, -0.1) is 0 Å². The van der Waals surface area contributed by atoms with Crippen molar-refractivity contribution in [2.24, 2.45) is 0 Å². The van der Waals surface area contributed by atoms with Crippen molar-refractivity contribution in [1.82, 2.24) is 4.90 Å². The lowest BCUT2D eigenvalue weighted by molar-refractivity contribution is -0.140. The molecular formula is C22H22ClNO6. The Morgan fingerprint density at radius 3 is 2.33 bits per heavy atom. The van der Waals surface area contributed by atoms with Crippen molar-refractivity contribution >= 4 is 29.1 Å². The van der Waals surface area contributed by atoms with Gasteiger partial charge in [0.1, 0.15) is 5.76 Å². The lowest BCUT2D eigenvalue weighted by Crippen LogP contribution is -2.31. The minimum atomic E-state index is -0.841. The van der Waals surface area contributed by atoms with E-state index in [4.69, 9.17) is 21.1 Å². The molecule has 0 aromatic heterocycles. The quantitative estimate of drug-likeness (QED) is 0.397. The second-order valence-corrected chi connectivity index (χ2v) is 7.13. The Morgan fingerprint density at radius 2 is 1.73 bits per heavy atom. The largest absolute Gasteiger partial charge is 0.507 e. The number of aliphatic hydroxyl groups excluding tert-OH is 2. The molecule has 0 saturated carbocycles. The van der Waals surface area contributed by atoms with Gasteiger partial charge in [0, 0.05) is 23.7 Å². The van der Waals surface area contributed by atoms with Crippen LogP contribution in [0.4, 0.5) is 0 Å². The number of carbonyl (C=O) groups is 2. The number of hydrogen-bond acceptors (Lipinski definition) is 6. The fraction of sp³-hybridized carbons (Fsp3) is 0.273. The highest BCUT2D eigenvalue weighted by atomic mass is 35.5. The van der Waals surface area contributed by atoms with E-state index in [1.807, 2.05) is 0 Å². The molecule has 0 bridgehead atoms. The maximum absolute atomic E-state index is 12.9. The molecule has 30 heavy (non-hydrogen) atoms. The van der Waals surface area contributed by atoms with Crippen molar-refractivity contribution in [3.8, 4) is 11.5 Å². The van der Waals surface area contributed by atoms with Gasteiger partial charge in [-0.25, -0.2) is 0 Å². The summed E-state index contributed by atoms with van der Waals surface area (Å²) in [5.41, 5.74) is 0.901. The van der Waals surface area contributed by atoms with Gasteiger partial charge >= 0.3 is 0 Å². The summed E-state index contributed by atoms with van der Waals surface area (Å²) in [6, 6.07) is 10.5. The first-order valence-corrected chi connectivity index (χ1v) is 9.67. The number of amides is 1. The van der Waals surface area contributed by atoms with Crippen LogP contribution < -0.4 is 9.47 Å². The topological polar surface area (TPSA) is 96.3 Å². The van der Waals surface area contributed by atoms with E-state index in [1.165, 1.54) is 19.1 Å². The van der Waals surface area contributed by atoms with E-state index in [2.05, 4.69) is 0 Å². The van der Waals surface area contributed by atoms with Crippen molar-refractivity contribution in [3.05, 3.63) is 64.2 Å². The van der Waals surface area contributed by atoms with E-state index in [1.54, 1.807) is 42.5 Å². The summed E-state index contributed by atoms with van der Waals surface area (Å²) in [5, 5.41) is 20.6. The Labute approximate surface area is 179 Å². The van der Waals surface area contributed by atoms with Crippen LogP contribution in [0.15, 0.2) is 48.0 Å². The van der Waals surface area contributed by atoms with E-state index in [0.717, 1.165) is 0 Å². The molecule has 158 valence electrons. The van der Waals surface area contributed by atoms with Crippen LogP contribution in [0.5, 0.6) is 11.5 Å². The number of ketones is 1. The van der Waals surface area contributed by atoms with Gasteiger partial charge in [0.2, 0.25) is 0 Å². The van der Waals surface area contributed by atoms with Crippen molar-refractivity contribution in [2.75, 3.05) is 27.4 Å². The molecule has 1 heterocycles. The first kappa shape index (κ1) is 21.7. The van der Waals surface area contributed by atoms with Crippen molar-refractivity contribution in [3.63, 3.8) is 0 Å². The number of hydrogen-bond donors (Lipinski definition) is 2. The molecule has 2 N–H and O–H groups in total. The Morgan fingerprint density at radius 1 is 1.07 bits per heavy atom. The minimum absolute atomic E-state index is 0.0347. The molecule has 7 nitrogen and oxygen atoms in total. The van der Waals surface area contributed by atoms with Crippen molar-refractivity contribution < 1.29 is 29.3 Å². The van der Waals surface area contributed by atoms with E-state index in [9.17, 15) is 19.8 Å². The molecule has 0 unspecified atom stereocenters. The molecule has 0 radical (unpaired) electrons. The van der Waals surface area contributed by atoms with Gasteiger partial charge in [-0.2, -0.15) is 0 Å². The molecule has 0 spiro atoms. The smallest absolute Gasteiger partial charge is 0.295 e. The number of halogens is 1. The number of carbonyl (C=O) groups excluding carboxylic acids is 2. The zero-order chi connectivity index (χ0) is 21.8. The average molecular weight is 432 g/mol. The zero-order valence-corrected chi connectivity index (χ0v) is 17.3. The predicted molar refractivity (Wildman–Crippen MR) is 112 cm³/mol. The summed E-state index contributed by atoms with van der Waals surface area (Å²) in [5.74, 6) is -0.907. The fourth-order valence-corrected chi connectivity index (χ4v) is 3.61. The normalized spacial score (nSPS) is 18.0. The molecule has 1 amide bonds. The number of methoxy groups -OCH3 is 2. The van der Waals surface area contributed by atoms with Gasteiger partial charge in [0.25, 0.3) is 11.7 Å². The third-order valence-electron chi connectivity index (χ3n) is 4.94. The zero-order valence-electron chi connectivity index (χ0n) is 16.6. The Kier molecular flexibility index (Phi) is 6.64. The maximum atomic E-state index is 12.9. The summed E-state index contributed by atoms with van der Waals surface area (Å²) in [7, 11) is 2.99. The molecule has 2 aromatic carbocycles. The van der Waals surface area contributed by atoms with Crippen molar-refractivity contribution in [2.45, 2.75) is 12.5 Å². The number of aliphatic hydroxyl groups is 2. The van der Waals surface area contributed by atoms with Crippen LogP contribution in [0.1, 0.15) is 23.6 Å². The van der Waals surface area contributed by atoms with Gasteiger partial charge in [0.15, 0.2) is 11.5 Å². The van der Waals surface area contributed by atoms with E-state index < -0.39 is 17.7 Å². The van der Waals surface area contributed by atoms with E-state index in [0.29, 0.717) is 27.6 Å². The van der Waals surface area contributed by atoms with Crippen LogP contribution in [0.25, 0.3) is 5.76 Å². The number of likely N-dealkylation sites (tertiary alicyclic amines) is 1. The maximum Gasteiger partial charge on any atom is 0.295 e. The van der Waals surface area contributed by atoms with Gasteiger partial charge < -0.3 is 24.6 Å². The first-order valence-electron chi connectivity index (χ1n) is 9.30. The number of nitrogens with zero attached hydrogens (tertiary/aromatic N) is 1. The van der Waals surface area contributed by atoms with Gasteiger partial charge in [-0.05, 0) is 48.4 Å². The highest BCUT2D eigenvalue weighted by Crippen LogP contribution is 2.42. The second-order valence-electron chi connectivity index (χ2n) is 6.69. The molecular weight excluding hydrogens is 410 g/mol. The van der Waals surface area contributed by atoms with Gasteiger partial charge in [-0.1, -0.05) is 17.7 Å². The summed E-state index contributed by atoms with van der Waals surface area (Å²) in [4.78, 5) is 27.0. The van der Waals surface area contributed by atoms with Crippen LogP contribution in [0.2, 0.25) is 5.02 Å². The summed E-state index contributed by atoms with van der Waals surface area (Å²) < 4.78 is 10.6. The highest BCUT2D eigenvalue weighted by Gasteiger charge is 2.46. The van der Waals surface area contributed by atoms with E-state index >= 15 is 0 Å². The molecule has 1 aliphatic rings. The molecule has 3 rings (SSSR count). The Hall–Kier alpha value is -3.03. The van der Waals surface area contributed by atoms with Crippen LogP contribution >= 0.6 is 11.6 Å². The number of ether oxygens (including phenoxy) is 2.